The Labute approximate surface area is 96.8 Å². The maximum absolute atomic E-state index is 11.2. The summed E-state index contributed by atoms with van der Waals surface area (Å²) in [6.45, 7) is 0.724. The van der Waals surface area contributed by atoms with Crippen molar-refractivity contribution in [3.8, 4) is 0 Å². The first-order valence-electron chi connectivity index (χ1n) is 4.71. The summed E-state index contributed by atoms with van der Waals surface area (Å²) in [5.74, 6) is -6.63. The van der Waals surface area contributed by atoms with Crippen LogP contribution in [0, 0.1) is 0 Å². The summed E-state index contributed by atoms with van der Waals surface area (Å²) >= 11 is 0. The van der Waals surface area contributed by atoms with Crippen LogP contribution in [0.15, 0.2) is 30.3 Å². The summed E-state index contributed by atoms with van der Waals surface area (Å²) in [5.41, 5.74) is -3.04. The summed E-state index contributed by atoms with van der Waals surface area (Å²) in [7, 11) is 0. The highest BCUT2D eigenvalue weighted by Gasteiger charge is 2.61. The third kappa shape index (κ3) is 1.88. The Bertz CT molecular complexity index is 417. The third-order valence-corrected chi connectivity index (χ3v) is 2.56. The van der Waals surface area contributed by atoms with E-state index in [0.29, 0.717) is 0 Å². The highest BCUT2D eigenvalue weighted by atomic mass is 16.5. The molecule has 0 fully saturated rings. The molecule has 6 heteroatoms. The molecular weight excluding hydrogens is 228 g/mol. The number of carboxylic acids is 2. The number of rotatable bonds is 4. The van der Waals surface area contributed by atoms with Crippen molar-refractivity contribution in [2.45, 2.75) is 18.1 Å². The molecule has 0 bridgehead atoms. The lowest BCUT2D eigenvalue weighted by Crippen LogP contribution is -2.60. The van der Waals surface area contributed by atoms with Crippen LogP contribution < -0.4 is 0 Å². The molecule has 4 N–H and O–H groups in total. The highest BCUT2D eigenvalue weighted by Crippen LogP contribution is 2.34. The van der Waals surface area contributed by atoms with Gasteiger partial charge in [0.05, 0.1) is 0 Å². The van der Waals surface area contributed by atoms with Gasteiger partial charge in [-0.3, -0.25) is 9.59 Å². The Balaban J connectivity index is 3.59. The maximum Gasteiger partial charge on any atom is 0.331 e. The van der Waals surface area contributed by atoms with E-state index in [1.165, 1.54) is 24.3 Å². The van der Waals surface area contributed by atoms with Crippen molar-refractivity contribution >= 4 is 11.9 Å². The fourth-order valence-corrected chi connectivity index (χ4v) is 1.71. The first-order valence-corrected chi connectivity index (χ1v) is 4.71. The van der Waals surface area contributed by atoms with E-state index in [4.69, 9.17) is 10.2 Å². The van der Waals surface area contributed by atoms with Crippen LogP contribution in [0.4, 0.5) is 0 Å². The van der Waals surface area contributed by atoms with E-state index >= 15 is 0 Å². The van der Waals surface area contributed by atoms with Crippen molar-refractivity contribution in [2.24, 2.45) is 0 Å². The fourth-order valence-electron chi connectivity index (χ4n) is 1.71. The Hall–Kier alpha value is -1.92. The van der Waals surface area contributed by atoms with Crippen LogP contribution in [-0.2, 0) is 15.0 Å². The van der Waals surface area contributed by atoms with Crippen LogP contribution >= 0.6 is 0 Å². The quantitative estimate of drug-likeness (QED) is 0.427. The second kappa shape index (κ2) is 4.15. The van der Waals surface area contributed by atoms with Crippen LogP contribution in [-0.4, -0.2) is 38.2 Å². The Morgan fingerprint density at radius 3 is 1.71 bits per heavy atom. The van der Waals surface area contributed by atoms with Gasteiger partial charge in [-0.2, -0.15) is 0 Å². The third-order valence-electron chi connectivity index (χ3n) is 2.56. The van der Waals surface area contributed by atoms with Gasteiger partial charge in [-0.15, -0.1) is 0 Å². The average molecular weight is 240 g/mol. The van der Waals surface area contributed by atoms with Crippen LogP contribution in [0.2, 0.25) is 0 Å². The van der Waals surface area contributed by atoms with Gasteiger partial charge in [0.25, 0.3) is 0 Å². The molecule has 1 rings (SSSR count). The molecule has 92 valence electrons. The minimum atomic E-state index is -2.94. The van der Waals surface area contributed by atoms with Crippen LogP contribution in [0.1, 0.15) is 12.5 Å². The molecule has 0 saturated heterocycles. The highest BCUT2D eigenvalue weighted by molar-refractivity contribution is 6.06. The molecule has 6 nitrogen and oxygen atoms in total. The predicted molar refractivity (Wildman–Crippen MR) is 56.2 cm³/mol. The fraction of sp³-hybridized carbons (Fsp3) is 0.273. The standard InChI is InChI=1S/C11H12O6/c1-10(16,17)11(8(12)13,9(14)15)7-5-3-2-4-6-7/h2-6,16-17H,1H3,(H,12,13)(H,14,15). The molecule has 0 aliphatic rings. The minimum absolute atomic E-state index is 0.215. The van der Waals surface area contributed by atoms with E-state index in [2.05, 4.69) is 0 Å². The van der Waals surface area contributed by atoms with E-state index < -0.39 is 23.1 Å². The normalized spacial score (nSPS) is 12.2. The van der Waals surface area contributed by atoms with Gasteiger partial charge in [0.1, 0.15) is 0 Å². The van der Waals surface area contributed by atoms with Gasteiger partial charge in [-0.05, 0) is 12.5 Å². The lowest BCUT2D eigenvalue weighted by atomic mass is 9.74. The van der Waals surface area contributed by atoms with Crippen molar-refractivity contribution in [2.75, 3.05) is 0 Å². The van der Waals surface area contributed by atoms with Crippen LogP contribution in [0.3, 0.4) is 0 Å². The molecule has 0 atom stereocenters. The molecule has 0 aromatic heterocycles. The monoisotopic (exact) mass is 240 g/mol. The predicted octanol–water partition coefficient (Wildman–Crippen LogP) is -0.206. The number of carbonyl (C=O) groups is 2. The van der Waals surface area contributed by atoms with E-state index in [9.17, 15) is 19.8 Å². The molecule has 17 heavy (non-hydrogen) atoms. The second-order valence-corrected chi connectivity index (χ2v) is 3.75. The zero-order valence-corrected chi connectivity index (χ0v) is 8.99. The number of aliphatic hydroxyl groups is 2. The minimum Gasteiger partial charge on any atom is -0.480 e. The number of aliphatic carboxylic acids is 2. The summed E-state index contributed by atoms with van der Waals surface area (Å²) in [5, 5.41) is 37.2. The Morgan fingerprint density at radius 2 is 1.41 bits per heavy atom. The smallest absolute Gasteiger partial charge is 0.331 e. The molecule has 1 aromatic carbocycles. The largest absolute Gasteiger partial charge is 0.480 e. The van der Waals surface area contributed by atoms with Gasteiger partial charge in [-0.25, -0.2) is 0 Å². The average Bonchev–Trinajstić information content (AvgIpc) is 2.16. The zero-order valence-electron chi connectivity index (χ0n) is 8.99. The van der Waals surface area contributed by atoms with E-state index in [0.717, 1.165) is 6.92 Å². The number of hydrogen-bond acceptors (Lipinski definition) is 4. The summed E-state index contributed by atoms with van der Waals surface area (Å²) in [4.78, 5) is 22.4. The second-order valence-electron chi connectivity index (χ2n) is 3.75. The molecule has 0 aliphatic heterocycles. The molecular formula is C11H12O6. The molecule has 0 unspecified atom stereocenters. The summed E-state index contributed by atoms with van der Waals surface area (Å²) in [6, 6.07) is 6.83. The van der Waals surface area contributed by atoms with Crippen molar-refractivity contribution < 1.29 is 30.0 Å². The number of benzene rings is 1. The topological polar surface area (TPSA) is 115 Å². The molecule has 1 aromatic rings. The van der Waals surface area contributed by atoms with Crippen LogP contribution in [0.5, 0.6) is 0 Å². The van der Waals surface area contributed by atoms with Crippen molar-refractivity contribution in [3.05, 3.63) is 35.9 Å². The zero-order chi connectivity index (χ0) is 13.3. The molecule has 0 saturated carbocycles. The number of hydrogen-bond donors (Lipinski definition) is 4. The summed E-state index contributed by atoms with van der Waals surface area (Å²) in [6.07, 6.45) is 0. The maximum atomic E-state index is 11.2. The summed E-state index contributed by atoms with van der Waals surface area (Å²) < 4.78 is 0. The van der Waals surface area contributed by atoms with Gasteiger partial charge in [0.15, 0.2) is 5.79 Å². The van der Waals surface area contributed by atoms with Crippen molar-refractivity contribution in [1.29, 1.82) is 0 Å². The lowest BCUT2D eigenvalue weighted by Gasteiger charge is -2.34. The van der Waals surface area contributed by atoms with E-state index in [-0.39, 0.29) is 5.56 Å². The van der Waals surface area contributed by atoms with Gasteiger partial charge < -0.3 is 20.4 Å². The number of carboxylic acid groups (broad SMARTS) is 2. The molecule has 0 spiro atoms. The Morgan fingerprint density at radius 1 is 1.00 bits per heavy atom. The molecule has 0 aliphatic carbocycles. The molecule has 0 heterocycles. The van der Waals surface area contributed by atoms with Gasteiger partial charge in [-0.1, -0.05) is 30.3 Å². The van der Waals surface area contributed by atoms with Crippen molar-refractivity contribution in [1.82, 2.24) is 0 Å². The molecule has 0 amide bonds. The van der Waals surface area contributed by atoms with E-state index in [1.54, 1.807) is 6.07 Å². The Kier molecular flexibility index (Phi) is 3.21. The first-order chi connectivity index (χ1) is 7.74. The van der Waals surface area contributed by atoms with Crippen molar-refractivity contribution in [3.63, 3.8) is 0 Å². The van der Waals surface area contributed by atoms with Crippen LogP contribution in [0.25, 0.3) is 0 Å². The van der Waals surface area contributed by atoms with Gasteiger partial charge >= 0.3 is 11.9 Å². The van der Waals surface area contributed by atoms with Gasteiger partial charge in [0.2, 0.25) is 5.41 Å². The van der Waals surface area contributed by atoms with E-state index in [1.807, 2.05) is 0 Å². The lowest BCUT2D eigenvalue weighted by molar-refractivity contribution is -0.217. The first kappa shape index (κ1) is 13.1. The SMILES string of the molecule is CC(O)(O)C(C(=O)O)(C(=O)O)c1ccccc1. The molecule has 0 radical (unpaired) electrons. The van der Waals surface area contributed by atoms with Gasteiger partial charge in [0, 0.05) is 0 Å².